The van der Waals surface area contributed by atoms with Gasteiger partial charge in [-0.25, -0.2) is 0 Å². The van der Waals surface area contributed by atoms with E-state index in [-0.39, 0.29) is 23.9 Å². The Hall–Kier alpha value is -1.75. The summed E-state index contributed by atoms with van der Waals surface area (Å²) in [5, 5.41) is 0. The van der Waals surface area contributed by atoms with Gasteiger partial charge in [-0.15, -0.1) is 0 Å². The van der Waals surface area contributed by atoms with Crippen LogP contribution in [0, 0.1) is 5.92 Å². The SMILES string of the molecule is COc1ccc2c(c1)OC[C@H](C(=O)N1[C@@H](C)COC[C@@H]1C)C2. The maximum atomic E-state index is 12.9. The Morgan fingerprint density at radius 3 is 2.64 bits per heavy atom. The van der Waals surface area contributed by atoms with E-state index in [2.05, 4.69) is 0 Å². The van der Waals surface area contributed by atoms with Crippen LogP contribution in [0.15, 0.2) is 18.2 Å². The molecule has 2 aliphatic rings. The number of hydrogen-bond donors (Lipinski definition) is 0. The van der Waals surface area contributed by atoms with Crippen molar-refractivity contribution in [2.45, 2.75) is 32.4 Å². The molecule has 0 saturated carbocycles. The van der Waals surface area contributed by atoms with Gasteiger partial charge in [0.05, 0.1) is 38.3 Å². The first-order valence-electron chi connectivity index (χ1n) is 7.79. The molecule has 1 saturated heterocycles. The lowest BCUT2D eigenvalue weighted by Gasteiger charge is -2.41. The highest BCUT2D eigenvalue weighted by atomic mass is 16.5. The van der Waals surface area contributed by atoms with Crippen molar-refractivity contribution in [1.82, 2.24) is 4.90 Å². The molecule has 3 rings (SSSR count). The number of amides is 1. The molecule has 120 valence electrons. The van der Waals surface area contributed by atoms with Crippen molar-refractivity contribution in [3.8, 4) is 11.5 Å². The average Bonchev–Trinajstić information content (AvgIpc) is 2.53. The number of carbonyl (C=O) groups is 1. The lowest BCUT2D eigenvalue weighted by molar-refractivity contribution is -0.150. The van der Waals surface area contributed by atoms with E-state index in [1.807, 2.05) is 36.9 Å². The van der Waals surface area contributed by atoms with Gasteiger partial charge < -0.3 is 19.1 Å². The molecule has 0 spiro atoms. The molecule has 1 aromatic rings. The number of hydrogen-bond acceptors (Lipinski definition) is 4. The van der Waals surface area contributed by atoms with Crippen LogP contribution in [0.5, 0.6) is 11.5 Å². The number of ether oxygens (including phenoxy) is 3. The van der Waals surface area contributed by atoms with Gasteiger partial charge in [0.1, 0.15) is 18.1 Å². The Morgan fingerprint density at radius 2 is 1.95 bits per heavy atom. The zero-order valence-corrected chi connectivity index (χ0v) is 13.4. The van der Waals surface area contributed by atoms with Gasteiger partial charge in [-0.1, -0.05) is 6.07 Å². The third-order valence-electron chi connectivity index (χ3n) is 4.45. The molecule has 22 heavy (non-hydrogen) atoms. The normalized spacial score (nSPS) is 27.8. The second kappa shape index (κ2) is 6.16. The molecule has 1 aromatic carbocycles. The summed E-state index contributed by atoms with van der Waals surface area (Å²) >= 11 is 0. The van der Waals surface area contributed by atoms with Crippen LogP contribution < -0.4 is 9.47 Å². The molecule has 5 heteroatoms. The van der Waals surface area contributed by atoms with E-state index in [1.165, 1.54) is 0 Å². The minimum absolute atomic E-state index is 0.119. The van der Waals surface area contributed by atoms with E-state index >= 15 is 0 Å². The summed E-state index contributed by atoms with van der Waals surface area (Å²) in [7, 11) is 1.64. The molecule has 0 N–H and O–H groups in total. The summed E-state index contributed by atoms with van der Waals surface area (Å²) in [6.07, 6.45) is 0.717. The number of rotatable bonds is 2. The Morgan fingerprint density at radius 1 is 1.23 bits per heavy atom. The van der Waals surface area contributed by atoms with Crippen molar-refractivity contribution >= 4 is 5.91 Å². The highest BCUT2D eigenvalue weighted by molar-refractivity contribution is 5.80. The molecule has 0 unspecified atom stereocenters. The Bertz CT molecular complexity index is 550. The number of fused-ring (bicyclic) bond motifs is 1. The van der Waals surface area contributed by atoms with E-state index in [0.29, 0.717) is 19.8 Å². The number of carbonyl (C=O) groups excluding carboxylic acids is 1. The molecule has 0 radical (unpaired) electrons. The number of methoxy groups -OCH3 is 1. The maximum Gasteiger partial charge on any atom is 0.230 e. The van der Waals surface area contributed by atoms with Crippen molar-refractivity contribution in [2.75, 3.05) is 26.9 Å². The third kappa shape index (κ3) is 2.77. The zero-order chi connectivity index (χ0) is 15.7. The highest BCUT2D eigenvalue weighted by Gasteiger charge is 2.36. The molecule has 0 aromatic heterocycles. The van der Waals surface area contributed by atoms with Crippen LogP contribution in [0.3, 0.4) is 0 Å². The molecule has 0 bridgehead atoms. The molecular formula is C17H23NO4. The average molecular weight is 305 g/mol. The predicted molar refractivity (Wildman–Crippen MR) is 82.3 cm³/mol. The maximum absolute atomic E-state index is 12.9. The zero-order valence-electron chi connectivity index (χ0n) is 13.4. The molecule has 1 amide bonds. The lowest BCUT2D eigenvalue weighted by atomic mass is 9.94. The summed E-state index contributed by atoms with van der Waals surface area (Å²) in [6, 6.07) is 6.02. The minimum atomic E-state index is -0.121. The second-order valence-corrected chi connectivity index (χ2v) is 6.17. The fourth-order valence-electron chi connectivity index (χ4n) is 3.29. The lowest BCUT2D eigenvalue weighted by Crippen LogP contribution is -2.55. The van der Waals surface area contributed by atoms with Crippen LogP contribution in [0.2, 0.25) is 0 Å². The number of benzene rings is 1. The fraction of sp³-hybridized carbons (Fsp3) is 0.588. The van der Waals surface area contributed by atoms with Gasteiger partial charge in [0.2, 0.25) is 5.91 Å². The predicted octanol–water partition coefficient (Wildman–Crippen LogP) is 1.88. The van der Waals surface area contributed by atoms with Crippen LogP contribution in [0.1, 0.15) is 19.4 Å². The monoisotopic (exact) mass is 305 g/mol. The summed E-state index contributed by atoms with van der Waals surface area (Å²) in [5.74, 6) is 1.65. The standard InChI is InChI=1S/C17H23NO4/c1-11-8-21-9-12(2)18(11)17(19)14-6-13-4-5-15(20-3)7-16(13)22-10-14/h4-5,7,11-12,14H,6,8-10H2,1-3H3/t11-,12-,14+/m0/s1. The van der Waals surface area contributed by atoms with Crippen molar-refractivity contribution < 1.29 is 19.0 Å². The topological polar surface area (TPSA) is 48.0 Å². The van der Waals surface area contributed by atoms with E-state index < -0.39 is 0 Å². The van der Waals surface area contributed by atoms with Crippen LogP contribution in [-0.4, -0.2) is 49.8 Å². The summed E-state index contributed by atoms with van der Waals surface area (Å²) in [5.41, 5.74) is 1.07. The molecular weight excluding hydrogens is 282 g/mol. The van der Waals surface area contributed by atoms with Gasteiger partial charge in [0.25, 0.3) is 0 Å². The largest absolute Gasteiger partial charge is 0.497 e. The Balaban J connectivity index is 1.75. The van der Waals surface area contributed by atoms with Crippen molar-refractivity contribution in [3.05, 3.63) is 23.8 Å². The molecule has 3 atom stereocenters. The van der Waals surface area contributed by atoms with Gasteiger partial charge in [-0.2, -0.15) is 0 Å². The number of morpholine rings is 1. The Labute approximate surface area is 131 Å². The fourth-order valence-corrected chi connectivity index (χ4v) is 3.29. The quantitative estimate of drug-likeness (QED) is 0.837. The van der Waals surface area contributed by atoms with Gasteiger partial charge in [-0.05, 0) is 31.9 Å². The van der Waals surface area contributed by atoms with E-state index in [0.717, 1.165) is 23.5 Å². The van der Waals surface area contributed by atoms with Gasteiger partial charge in [0, 0.05) is 6.07 Å². The van der Waals surface area contributed by atoms with Gasteiger partial charge in [0.15, 0.2) is 0 Å². The summed E-state index contributed by atoms with van der Waals surface area (Å²) in [4.78, 5) is 14.8. The minimum Gasteiger partial charge on any atom is -0.497 e. The van der Waals surface area contributed by atoms with Crippen molar-refractivity contribution in [2.24, 2.45) is 5.92 Å². The first-order valence-corrected chi connectivity index (χ1v) is 7.79. The Kier molecular flexibility index (Phi) is 4.25. The molecule has 5 nitrogen and oxygen atoms in total. The van der Waals surface area contributed by atoms with Crippen LogP contribution in [0.4, 0.5) is 0 Å². The molecule has 2 aliphatic heterocycles. The molecule has 2 heterocycles. The smallest absolute Gasteiger partial charge is 0.230 e. The summed E-state index contributed by atoms with van der Waals surface area (Å²) in [6.45, 7) is 5.72. The number of nitrogens with zero attached hydrogens (tertiary/aromatic N) is 1. The molecule has 1 fully saturated rings. The van der Waals surface area contributed by atoms with E-state index in [4.69, 9.17) is 14.2 Å². The van der Waals surface area contributed by atoms with Crippen LogP contribution >= 0.6 is 0 Å². The second-order valence-electron chi connectivity index (χ2n) is 6.17. The van der Waals surface area contributed by atoms with Crippen molar-refractivity contribution in [1.29, 1.82) is 0 Å². The van der Waals surface area contributed by atoms with Gasteiger partial charge in [-0.3, -0.25) is 4.79 Å². The highest BCUT2D eigenvalue weighted by Crippen LogP contribution is 2.32. The first kappa shape index (κ1) is 15.2. The molecule has 0 aliphatic carbocycles. The van der Waals surface area contributed by atoms with Crippen LogP contribution in [-0.2, 0) is 16.0 Å². The van der Waals surface area contributed by atoms with Gasteiger partial charge >= 0.3 is 0 Å². The van der Waals surface area contributed by atoms with E-state index in [1.54, 1.807) is 7.11 Å². The van der Waals surface area contributed by atoms with E-state index in [9.17, 15) is 4.79 Å². The first-order chi connectivity index (χ1) is 10.6. The van der Waals surface area contributed by atoms with Crippen molar-refractivity contribution in [3.63, 3.8) is 0 Å². The third-order valence-corrected chi connectivity index (χ3v) is 4.45. The van der Waals surface area contributed by atoms with Crippen LogP contribution in [0.25, 0.3) is 0 Å². The summed E-state index contributed by atoms with van der Waals surface area (Å²) < 4.78 is 16.5.